The highest BCUT2D eigenvalue weighted by molar-refractivity contribution is 6.42. The fourth-order valence-electron chi connectivity index (χ4n) is 4.63. The van der Waals surface area contributed by atoms with Gasteiger partial charge in [-0.3, -0.25) is 4.79 Å². The lowest BCUT2D eigenvalue weighted by Gasteiger charge is -2.37. The maximum absolute atomic E-state index is 13.6. The van der Waals surface area contributed by atoms with Gasteiger partial charge in [-0.2, -0.15) is 0 Å². The summed E-state index contributed by atoms with van der Waals surface area (Å²) in [5, 5.41) is 4.18. The maximum atomic E-state index is 13.6. The first-order valence-corrected chi connectivity index (χ1v) is 12.0. The lowest BCUT2D eigenvalue weighted by Crippen LogP contribution is -2.36. The molecule has 0 unspecified atom stereocenters. The van der Waals surface area contributed by atoms with Crippen LogP contribution in [0.15, 0.2) is 71.1 Å². The minimum Gasteiger partial charge on any atom is -0.459 e. The van der Waals surface area contributed by atoms with Crippen molar-refractivity contribution in [1.29, 1.82) is 0 Å². The number of ketones is 1. The van der Waals surface area contributed by atoms with Crippen molar-refractivity contribution >= 4 is 35.0 Å². The van der Waals surface area contributed by atoms with Crippen molar-refractivity contribution in [3.8, 4) is 0 Å². The largest absolute Gasteiger partial charge is 0.459 e. The van der Waals surface area contributed by atoms with E-state index in [0.29, 0.717) is 46.2 Å². The number of carbonyl (C=O) groups is 2. The Hall–Kier alpha value is -2.56. The summed E-state index contributed by atoms with van der Waals surface area (Å²) in [6.45, 7) is 5.68. The minimum absolute atomic E-state index is 0.0232. The summed E-state index contributed by atoms with van der Waals surface area (Å²) in [5.41, 5.74) is 4.49. The van der Waals surface area contributed by atoms with Gasteiger partial charge in [-0.15, -0.1) is 0 Å². The van der Waals surface area contributed by atoms with Crippen LogP contribution in [0.2, 0.25) is 10.0 Å². The number of benzene rings is 2. The SMILES string of the molecule is CC[C@@H](C)OC(=O)C1=C(C)NC2=C(C(=O)C[C@H](c3ccccc3)C2)[C@@H]1c1ccc(Cl)c(Cl)c1. The molecule has 33 heavy (non-hydrogen) atoms. The Morgan fingerprint density at radius 1 is 1.09 bits per heavy atom. The van der Waals surface area contributed by atoms with E-state index in [1.54, 1.807) is 12.1 Å². The Morgan fingerprint density at radius 3 is 2.48 bits per heavy atom. The van der Waals surface area contributed by atoms with Crippen LogP contribution in [0.3, 0.4) is 0 Å². The van der Waals surface area contributed by atoms with Gasteiger partial charge in [0.2, 0.25) is 0 Å². The van der Waals surface area contributed by atoms with E-state index in [9.17, 15) is 9.59 Å². The smallest absolute Gasteiger partial charge is 0.337 e. The van der Waals surface area contributed by atoms with Gasteiger partial charge in [0.15, 0.2) is 5.78 Å². The molecule has 1 aliphatic carbocycles. The molecule has 1 heterocycles. The highest BCUT2D eigenvalue weighted by atomic mass is 35.5. The van der Waals surface area contributed by atoms with Gasteiger partial charge >= 0.3 is 5.97 Å². The Labute approximate surface area is 204 Å². The van der Waals surface area contributed by atoms with Crippen molar-refractivity contribution in [2.45, 2.75) is 58.0 Å². The number of esters is 1. The van der Waals surface area contributed by atoms with Gasteiger partial charge in [0, 0.05) is 29.3 Å². The van der Waals surface area contributed by atoms with Crippen LogP contribution < -0.4 is 5.32 Å². The second kappa shape index (κ2) is 9.74. The molecule has 4 nitrogen and oxygen atoms in total. The first kappa shape index (κ1) is 23.6. The number of rotatable bonds is 5. The van der Waals surface area contributed by atoms with Crippen LogP contribution in [0.5, 0.6) is 0 Å². The third-order valence-corrected chi connectivity index (χ3v) is 7.22. The summed E-state index contributed by atoms with van der Waals surface area (Å²) in [7, 11) is 0. The Balaban J connectivity index is 1.80. The summed E-state index contributed by atoms with van der Waals surface area (Å²) in [6.07, 6.45) is 1.55. The summed E-state index contributed by atoms with van der Waals surface area (Å²) in [4.78, 5) is 26.8. The third-order valence-electron chi connectivity index (χ3n) is 6.48. The lowest BCUT2D eigenvalue weighted by molar-refractivity contribution is -0.144. The number of ether oxygens (including phenoxy) is 1. The van der Waals surface area contributed by atoms with Crippen LogP contribution >= 0.6 is 23.2 Å². The molecule has 0 aromatic heterocycles. The quantitative estimate of drug-likeness (QED) is 0.480. The van der Waals surface area contributed by atoms with Crippen molar-refractivity contribution in [1.82, 2.24) is 5.32 Å². The fraction of sp³-hybridized carbons (Fsp3) is 0.333. The van der Waals surface area contributed by atoms with E-state index >= 15 is 0 Å². The monoisotopic (exact) mass is 483 g/mol. The van der Waals surface area contributed by atoms with E-state index in [1.807, 2.05) is 45.0 Å². The van der Waals surface area contributed by atoms with Crippen LogP contribution in [-0.4, -0.2) is 17.9 Å². The standard InChI is InChI=1S/C27H27Cl2NO3/c1-4-15(2)33-27(32)24-16(3)30-22-13-19(17-8-6-5-7-9-17)14-23(31)26(22)25(24)18-10-11-20(28)21(29)12-18/h5-12,15,19,25,30H,4,13-14H2,1-3H3/t15-,19-,25-/m1/s1. The highest BCUT2D eigenvalue weighted by Crippen LogP contribution is 2.46. The molecule has 172 valence electrons. The molecule has 0 amide bonds. The van der Waals surface area contributed by atoms with Gasteiger partial charge in [-0.05, 0) is 55.9 Å². The third kappa shape index (κ3) is 4.73. The molecular formula is C27H27Cl2NO3. The summed E-state index contributed by atoms with van der Waals surface area (Å²) >= 11 is 12.5. The summed E-state index contributed by atoms with van der Waals surface area (Å²) in [6, 6.07) is 15.3. The molecule has 0 fully saturated rings. The molecule has 2 aromatic rings. The van der Waals surface area contributed by atoms with Gasteiger partial charge in [-0.1, -0.05) is 66.5 Å². The topological polar surface area (TPSA) is 55.4 Å². The molecule has 0 saturated carbocycles. The molecule has 0 bridgehead atoms. The van der Waals surface area contributed by atoms with E-state index in [4.69, 9.17) is 27.9 Å². The minimum atomic E-state index is -0.559. The van der Waals surface area contributed by atoms with Crippen LogP contribution in [-0.2, 0) is 14.3 Å². The number of halogens is 2. The molecule has 6 heteroatoms. The second-order valence-electron chi connectivity index (χ2n) is 8.73. The van der Waals surface area contributed by atoms with Crippen LogP contribution in [0.1, 0.15) is 63.0 Å². The number of allylic oxidation sites excluding steroid dienone is 3. The molecule has 4 rings (SSSR count). The first-order chi connectivity index (χ1) is 15.8. The fourth-order valence-corrected chi connectivity index (χ4v) is 4.93. The number of hydrogen-bond donors (Lipinski definition) is 1. The zero-order chi connectivity index (χ0) is 23.7. The van der Waals surface area contributed by atoms with E-state index in [0.717, 1.165) is 16.8 Å². The molecule has 1 aliphatic heterocycles. The molecule has 3 atom stereocenters. The van der Waals surface area contributed by atoms with Crippen molar-refractivity contribution in [2.75, 3.05) is 0 Å². The summed E-state index contributed by atoms with van der Waals surface area (Å²) < 4.78 is 5.69. The molecule has 2 aromatic carbocycles. The maximum Gasteiger partial charge on any atom is 0.337 e. The molecule has 1 N–H and O–H groups in total. The van der Waals surface area contributed by atoms with E-state index in [-0.39, 0.29) is 17.8 Å². The highest BCUT2D eigenvalue weighted by Gasteiger charge is 2.41. The van der Waals surface area contributed by atoms with Gasteiger partial charge in [0.25, 0.3) is 0 Å². The van der Waals surface area contributed by atoms with Crippen molar-refractivity contribution in [2.24, 2.45) is 0 Å². The van der Waals surface area contributed by atoms with Gasteiger partial charge < -0.3 is 10.1 Å². The Bertz CT molecular complexity index is 1150. The number of carbonyl (C=O) groups excluding carboxylic acids is 2. The van der Waals surface area contributed by atoms with Gasteiger partial charge in [0.1, 0.15) is 0 Å². The molecule has 2 aliphatic rings. The lowest BCUT2D eigenvalue weighted by atomic mass is 9.72. The number of dihydropyridines is 1. The average Bonchev–Trinajstić information content (AvgIpc) is 2.80. The van der Waals surface area contributed by atoms with Gasteiger partial charge in [0.05, 0.1) is 21.7 Å². The molecular weight excluding hydrogens is 457 g/mol. The summed E-state index contributed by atoms with van der Waals surface area (Å²) in [5.74, 6) is -0.873. The molecule has 0 radical (unpaired) electrons. The van der Waals surface area contributed by atoms with E-state index in [1.165, 1.54) is 0 Å². The zero-order valence-electron chi connectivity index (χ0n) is 19.0. The Kier molecular flexibility index (Phi) is 6.96. The predicted molar refractivity (Wildman–Crippen MR) is 131 cm³/mol. The number of Topliss-reactive ketones (excluding diaryl/α,β-unsaturated/α-hetero) is 1. The van der Waals surface area contributed by atoms with Crippen LogP contribution in [0.4, 0.5) is 0 Å². The van der Waals surface area contributed by atoms with Crippen molar-refractivity contribution < 1.29 is 14.3 Å². The normalized spacial score (nSPS) is 21.4. The zero-order valence-corrected chi connectivity index (χ0v) is 20.5. The Morgan fingerprint density at radius 2 is 1.82 bits per heavy atom. The number of nitrogens with one attached hydrogen (secondary N) is 1. The van der Waals surface area contributed by atoms with E-state index < -0.39 is 11.9 Å². The van der Waals surface area contributed by atoms with Crippen molar-refractivity contribution in [3.63, 3.8) is 0 Å². The number of hydrogen-bond acceptors (Lipinski definition) is 4. The van der Waals surface area contributed by atoms with Crippen LogP contribution in [0, 0.1) is 0 Å². The molecule has 0 saturated heterocycles. The van der Waals surface area contributed by atoms with Gasteiger partial charge in [-0.25, -0.2) is 4.79 Å². The predicted octanol–water partition coefficient (Wildman–Crippen LogP) is 6.70. The van der Waals surface area contributed by atoms with Crippen LogP contribution in [0.25, 0.3) is 0 Å². The molecule has 0 spiro atoms. The second-order valence-corrected chi connectivity index (χ2v) is 9.54. The average molecular weight is 484 g/mol. The van der Waals surface area contributed by atoms with Crippen molar-refractivity contribution in [3.05, 3.63) is 92.2 Å². The first-order valence-electron chi connectivity index (χ1n) is 11.2. The van der Waals surface area contributed by atoms with E-state index in [2.05, 4.69) is 17.4 Å².